The molecule has 0 spiro atoms. The maximum atomic E-state index is 8.96. The van der Waals surface area contributed by atoms with Crippen LogP contribution in [0.5, 0.6) is 0 Å². The molecule has 1 aromatic rings. The summed E-state index contributed by atoms with van der Waals surface area (Å²) in [6, 6.07) is 3.73. The van der Waals surface area contributed by atoms with Gasteiger partial charge in [-0.25, -0.2) is 4.98 Å². The third kappa shape index (κ3) is 2.54. The van der Waals surface area contributed by atoms with Gasteiger partial charge in [-0.2, -0.15) is 5.26 Å². The second-order valence-corrected chi connectivity index (χ2v) is 4.35. The van der Waals surface area contributed by atoms with E-state index in [2.05, 4.69) is 16.0 Å². The Morgan fingerprint density at radius 2 is 2.28 bits per heavy atom. The van der Waals surface area contributed by atoms with Crippen molar-refractivity contribution < 1.29 is 4.74 Å². The van der Waals surface area contributed by atoms with Crippen molar-refractivity contribution >= 4 is 11.5 Å². The predicted molar refractivity (Wildman–Crippen MR) is 70.2 cm³/mol. The minimum atomic E-state index is 0.339. The second kappa shape index (κ2) is 5.69. The quantitative estimate of drug-likeness (QED) is 0.875. The summed E-state index contributed by atoms with van der Waals surface area (Å²) in [5.74, 6) is 0.726. The molecule has 96 valence electrons. The van der Waals surface area contributed by atoms with Crippen LogP contribution in [0.3, 0.4) is 0 Å². The lowest BCUT2D eigenvalue weighted by atomic mass is 10.1. The normalized spacial score (nSPS) is 16.6. The zero-order chi connectivity index (χ0) is 13.0. The molecular formula is C13H18N4O. The number of piperidine rings is 1. The average Bonchev–Trinajstić information content (AvgIpc) is 2.41. The van der Waals surface area contributed by atoms with Gasteiger partial charge in [-0.1, -0.05) is 0 Å². The van der Waals surface area contributed by atoms with Gasteiger partial charge in [0.15, 0.2) is 5.82 Å². The molecule has 1 fully saturated rings. The van der Waals surface area contributed by atoms with Crippen LogP contribution in [-0.2, 0) is 4.74 Å². The highest BCUT2D eigenvalue weighted by molar-refractivity contribution is 5.70. The van der Waals surface area contributed by atoms with Crippen LogP contribution in [0.15, 0.2) is 12.3 Å². The number of rotatable bonds is 3. The van der Waals surface area contributed by atoms with Crippen LogP contribution in [0.2, 0.25) is 0 Å². The SMILES string of the molecule is CCOC1CCN(c2nccc(C#N)c2N)CC1. The fourth-order valence-corrected chi connectivity index (χ4v) is 2.28. The molecule has 0 unspecified atom stereocenters. The summed E-state index contributed by atoms with van der Waals surface area (Å²) in [5.41, 5.74) is 6.93. The number of nitriles is 1. The maximum absolute atomic E-state index is 8.96. The van der Waals surface area contributed by atoms with E-state index in [-0.39, 0.29) is 0 Å². The lowest BCUT2D eigenvalue weighted by Gasteiger charge is -2.33. The second-order valence-electron chi connectivity index (χ2n) is 4.35. The Labute approximate surface area is 107 Å². The smallest absolute Gasteiger partial charge is 0.153 e. The Hall–Kier alpha value is -1.80. The first kappa shape index (κ1) is 12.7. The summed E-state index contributed by atoms with van der Waals surface area (Å²) in [6.07, 6.45) is 3.93. The van der Waals surface area contributed by atoms with E-state index in [1.165, 1.54) is 0 Å². The Bertz CT molecular complexity index is 447. The first-order valence-electron chi connectivity index (χ1n) is 6.27. The van der Waals surface area contributed by atoms with Crippen molar-refractivity contribution in [3.63, 3.8) is 0 Å². The van der Waals surface area contributed by atoms with Crippen LogP contribution < -0.4 is 10.6 Å². The molecule has 0 saturated carbocycles. The number of nitrogens with zero attached hydrogens (tertiary/aromatic N) is 3. The van der Waals surface area contributed by atoms with E-state index in [1.54, 1.807) is 12.3 Å². The lowest BCUT2D eigenvalue weighted by molar-refractivity contribution is 0.0458. The molecule has 0 bridgehead atoms. The van der Waals surface area contributed by atoms with E-state index in [0.717, 1.165) is 38.4 Å². The van der Waals surface area contributed by atoms with Crippen molar-refractivity contribution in [3.05, 3.63) is 17.8 Å². The third-order valence-corrected chi connectivity index (χ3v) is 3.23. The topological polar surface area (TPSA) is 75.2 Å². The number of nitrogens with two attached hydrogens (primary N) is 1. The summed E-state index contributed by atoms with van der Waals surface area (Å²) >= 11 is 0. The van der Waals surface area contributed by atoms with Crippen LogP contribution in [0.4, 0.5) is 11.5 Å². The van der Waals surface area contributed by atoms with Crippen LogP contribution in [0.1, 0.15) is 25.3 Å². The van der Waals surface area contributed by atoms with Crippen LogP contribution >= 0.6 is 0 Å². The minimum absolute atomic E-state index is 0.339. The number of pyridine rings is 1. The van der Waals surface area contributed by atoms with Crippen molar-refractivity contribution in [3.8, 4) is 6.07 Å². The fraction of sp³-hybridized carbons (Fsp3) is 0.538. The van der Waals surface area contributed by atoms with E-state index in [9.17, 15) is 0 Å². The van der Waals surface area contributed by atoms with Crippen molar-refractivity contribution in [2.24, 2.45) is 0 Å². The maximum Gasteiger partial charge on any atom is 0.153 e. The Kier molecular flexibility index (Phi) is 4.00. The van der Waals surface area contributed by atoms with Crippen molar-refractivity contribution in [2.45, 2.75) is 25.9 Å². The van der Waals surface area contributed by atoms with Gasteiger partial charge in [0.25, 0.3) is 0 Å². The molecule has 5 nitrogen and oxygen atoms in total. The van der Waals surface area contributed by atoms with Gasteiger partial charge in [0.1, 0.15) is 6.07 Å². The van der Waals surface area contributed by atoms with Gasteiger partial charge in [0, 0.05) is 25.9 Å². The Morgan fingerprint density at radius 3 is 2.89 bits per heavy atom. The van der Waals surface area contributed by atoms with Crippen LogP contribution in [0.25, 0.3) is 0 Å². The molecule has 0 amide bonds. The highest BCUT2D eigenvalue weighted by Crippen LogP contribution is 2.26. The summed E-state index contributed by atoms with van der Waals surface area (Å²) < 4.78 is 5.61. The number of aromatic nitrogens is 1. The van der Waals surface area contributed by atoms with Gasteiger partial charge in [0.05, 0.1) is 17.4 Å². The predicted octanol–water partition coefficient (Wildman–Crippen LogP) is 1.54. The zero-order valence-electron chi connectivity index (χ0n) is 10.6. The van der Waals surface area contributed by atoms with Gasteiger partial charge < -0.3 is 15.4 Å². The molecule has 2 heterocycles. The molecule has 1 aliphatic rings. The number of hydrogen-bond donors (Lipinski definition) is 1. The molecule has 0 atom stereocenters. The van der Waals surface area contributed by atoms with Crippen molar-refractivity contribution in [2.75, 3.05) is 30.3 Å². The number of anilines is 2. The number of hydrogen-bond acceptors (Lipinski definition) is 5. The molecule has 1 aliphatic heterocycles. The molecule has 0 radical (unpaired) electrons. The van der Waals surface area contributed by atoms with Gasteiger partial charge in [-0.15, -0.1) is 0 Å². The van der Waals surface area contributed by atoms with E-state index in [4.69, 9.17) is 15.7 Å². The largest absolute Gasteiger partial charge is 0.395 e. The van der Waals surface area contributed by atoms with Crippen molar-refractivity contribution in [1.29, 1.82) is 5.26 Å². The van der Waals surface area contributed by atoms with E-state index >= 15 is 0 Å². The summed E-state index contributed by atoms with van der Waals surface area (Å²) in [4.78, 5) is 6.42. The average molecular weight is 246 g/mol. The molecule has 1 aromatic heterocycles. The molecule has 0 aromatic carbocycles. The van der Waals surface area contributed by atoms with Gasteiger partial charge in [-0.05, 0) is 25.8 Å². The fourth-order valence-electron chi connectivity index (χ4n) is 2.28. The monoisotopic (exact) mass is 246 g/mol. The Morgan fingerprint density at radius 1 is 1.56 bits per heavy atom. The molecule has 1 saturated heterocycles. The standard InChI is InChI=1S/C13H18N4O/c1-2-18-11-4-7-17(8-5-11)13-12(15)10(9-14)3-6-16-13/h3,6,11H,2,4-5,7-8,15H2,1H3. The first-order chi connectivity index (χ1) is 8.76. The highest BCUT2D eigenvalue weighted by atomic mass is 16.5. The summed E-state index contributed by atoms with van der Waals surface area (Å²) in [7, 11) is 0. The van der Waals surface area contributed by atoms with Crippen LogP contribution in [-0.4, -0.2) is 30.8 Å². The molecule has 5 heteroatoms. The van der Waals surface area contributed by atoms with Crippen LogP contribution in [0, 0.1) is 11.3 Å². The highest BCUT2D eigenvalue weighted by Gasteiger charge is 2.22. The molecule has 0 aliphatic carbocycles. The minimum Gasteiger partial charge on any atom is -0.395 e. The number of nitrogen functional groups attached to an aromatic ring is 1. The molecule has 2 N–H and O–H groups in total. The molecular weight excluding hydrogens is 228 g/mol. The van der Waals surface area contributed by atoms with Gasteiger partial charge in [0.2, 0.25) is 0 Å². The first-order valence-corrected chi connectivity index (χ1v) is 6.27. The van der Waals surface area contributed by atoms with E-state index in [0.29, 0.717) is 17.4 Å². The van der Waals surface area contributed by atoms with E-state index < -0.39 is 0 Å². The van der Waals surface area contributed by atoms with Crippen molar-refractivity contribution in [1.82, 2.24) is 4.98 Å². The molecule has 2 rings (SSSR count). The number of ether oxygens (including phenoxy) is 1. The van der Waals surface area contributed by atoms with E-state index in [1.807, 2.05) is 6.92 Å². The molecule has 18 heavy (non-hydrogen) atoms. The summed E-state index contributed by atoms with van der Waals surface area (Å²) in [6.45, 7) is 4.52. The summed E-state index contributed by atoms with van der Waals surface area (Å²) in [5, 5.41) is 8.96. The van der Waals surface area contributed by atoms with Gasteiger partial charge in [-0.3, -0.25) is 0 Å². The Balaban J connectivity index is 2.08. The lowest BCUT2D eigenvalue weighted by Crippen LogP contribution is -2.38. The van der Waals surface area contributed by atoms with Gasteiger partial charge >= 0.3 is 0 Å². The third-order valence-electron chi connectivity index (χ3n) is 3.23. The zero-order valence-corrected chi connectivity index (χ0v) is 10.6.